The van der Waals surface area contributed by atoms with Crippen LogP contribution in [-0.4, -0.2) is 21.2 Å². The first kappa shape index (κ1) is 14.5. The second-order valence-corrected chi connectivity index (χ2v) is 7.59. The maximum absolute atomic E-state index is 12.6. The number of carbonyl (C=O) groups is 2. The zero-order valence-corrected chi connectivity index (χ0v) is 13.7. The quantitative estimate of drug-likeness (QED) is 0.872. The van der Waals surface area contributed by atoms with Gasteiger partial charge in [-0.1, -0.05) is 11.6 Å². The topological polar surface area (TPSA) is 62.3 Å². The van der Waals surface area contributed by atoms with Gasteiger partial charge in [0.15, 0.2) is 5.54 Å². The summed E-state index contributed by atoms with van der Waals surface area (Å²) in [6, 6.07) is 4.98. The predicted molar refractivity (Wildman–Crippen MR) is 82.6 cm³/mol. The Morgan fingerprint density at radius 3 is 2.76 bits per heavy atom. The number of nitrogens with zero attached hydrogens (tertiary/aromatic N) is 2. The molecule has 21 heavy (non-hydrogen) atoms. The third-order valence-electron chi connectivity index (χ3n) is 3.33. The SMILES string of the molecule is Cc1cc(CN2C(=O)NC(C)(c3ccc(Cl)s3)C2=O)sn1. The monoisotopic (exact) mass is 341 g/mol. The largest absolute Gasteiger partial charge is 0.325 e. The predicted octanol–water partition coefficient (Wildman–Crippen LogP) is 3.13. The summed E-state index contributed by atoms with van der Waals surface area (Å²) in [6.45, 7) is 3.82. The number of amides is 3. The number of imide groups is 1. The number of urea groups is 1. The van der Waals surface area contributed by atoms with E-state index in [4.69, 9.17) is 11.6 Å². The molecule has 0 bridgehead atoms. The van der Waals surface area contributed by atoms with Gasteiger partial charge in [0.2, 0.25) is 0 Å². The Morgan fingerprint density at radius 2 is 2.19 bits per heavy atom. The van der Waals surface area contributed by atoms with E-state index in [9.17, 15) is 9.59 Å². The van der Waals surface area contributed by atoms with Crippen LogP contribution in [0.3, 0.4) is 0 Å². The summed E-state index contributed by atoms with van der Waals surface area (Å²) in [5.41, 5.74) is -0.163. The van der Waals surface area contributed by atoms with Gasteiger partial charge in [0.1, 0.15) is 0 Å². The summed E-state index contributed by atoms with van der Waals surface area (Å²) < 4.78 is 4.75. The van der Waals surface area contributed by atoms with Gasteiger partial charge in [0, 0.05) is 9.75 Å². The van der Waals surface area contributed by atoms with Crippen LogP contribution in [0.1, 0.15) is 22.4 Å². The van der Waals surface area contributed by atoms with Crippen molar-refractivity contribution in [3.05, 3.63) is 38.0 Å². The standard InChI is InChI=1S/C13H12ClN3O2S2/c1-7-5-8(21-16-7)6-17-11(18)13(2,15-12(17)19)9-3-4-10(14)20-9/h3-5H,6H2,1-2H3,(H,15,19). The van der Waals surface area contributed by atoms with E-state index in [0.29, 0.717) is 4.34 Å². The van der Waals surface area contributed by atoms with Gasteiger partial charge in [-0.3, -0.25) is 9.69 Å². The van der Waals surface area contributed by atoms with Gasteiger partial charge >= 0.3 is 6.03 Å². The summed E-state index contributed by atoms with van der Waals surface area (Å²) in [5, 5.41) is 2.76. The fraction of sp³-hybridized carbons (Fsp3) is 0.308. The van der Waals surface area contributed by atoms with E-state index in [1.807, 2.05) is 13.0 Å². The summed E-state index contributed by atoms with van der Waals surface area (Å²) in [4.78, 5) is 27.6. The highest BCUT2D eigenvalue weighted by atomic mass is 35.5. The van der Waals surface area contributed by atoms with E-state index in [1.165, 1.54) is 27.8 Å². The van der Waals surface area contributed by atoms with Gasteiger partial charge in [0.25, 0.3) is 5.91 Å². The summed E-state index contributed by atoms with van der Waals surface area (Å²) in [5.74, 6) is -0.267. The fourth-order valence-electron chi connectivity index (χ4n) is 2.24. The number of rotatable bonds is 3. The van der Waals surface area contributed by atoms with Crippen LogP contribution >= 0.6 is 34.5 Å². The van der Waals surface area contributed by atoms with Gasteiger partial charge in [-0.25, -0.2) is 4.79 Å². The molecule has 0 spiro atoms. The molecule has 1 N–H and O–H groups in total. The van der Waals surface area contributed by atoms with Crippen LogP contribution in [0.2, 0.25) is 4.34 Å². The molecule has 2 aromatic rings. The Bertz CT molecular complexity index is 727. The van der Waals surface area contributed by atoms with Gasteiger partial charge in [0.05, 0.1) is 16.6 Å². The number of aromatic nitrogens is 1. The summed E-state index contributed by atoms with van der Waals surface area (Å²) in [6.07, 6.45) is 0. The minimum Gasteiger partial charge on any atom is -0.319 e. The van der Waals surface area contributed by atoms with Gasteiger partial charge < -0.3 is 5.32 Å². The Hall–Kier alpha value is -1.44. The van der Waals surface area contributed by atoms with Crippen LogP contribution in [0.4, 0.5) is 4.79 Å². The molecule has 8 heteroatoms. The lowest BCUT2D eigenvalue weighted by Gasteiger charge is -2.19. The molecule has 3 rings (SSSR count). The lowest BCUT2D eigenvalue weighted by Crippen LogP contribution is -2.40. The highest BCUT2D eigenvalue weighted by molar-refractivity contribution is 7.16. The van der Waals surface area contributed by atoms with Crippen molar-refractivity contribution in [1.82, 2.24) is 14.6 Å². The van der Waals surface area contributed by atoms with Gasteiger partial charge in [-0.2, -0.15) is 4.37 Å². The van der Waals surface area contributed by atoms with Crippen molar-refractivity contribution in [2.45, 2.75) is 25.9 Å². The van der Waals surface area contributed by atoms with Gasteiger partial charge in [-0.15, -0.1) is 11.3 Å². The molecule has 1 aliphatic rings. The number of halogens is 1. The van der Waals surface area contributed by atoms with Crippen LogP contribution in [0.25, 0.3) is 0 Å². The smallest absolute Gasteiger partial charge is 0.319 e. The molecule has 1 saturated heterocycles. The highest BCUT2D eigenvalue weighted by Gasteiger charge is 2.49. The van der Waals surface area contributed by atoms with Crippen molar-refractivity contribution >= 4 is 46.4 Å². The maximum atomic E-state index is 12.6. The zero-order valence-electron chi connectivity index (χ0n) is 11.3. The first-order valence-corrected chi connectivity index (χ1v) is 8.19. The van der Waals surface area contributed by atoms with Crippen molar-refractivity contribution in [2.75, 3.05) is 0 Å². The summed E-state index contributed by atoms with van der Waals surface area (Å²) >= 11 is 8.52. The molecule has 3 amide bonds. The molecule has 0 aliphatic carbocycles. The number of hydrogen-bond donors (Lipinski definition) is 1. The third kappa shape index (κ3) is 2.45. The number of thiophene rings is 1. The van der Waals surface area contributed by atoms with Crippen LogP contribution < -0.4 is 5.32 Å². The molecule has 1 fully saturated rings. The van der Waals surface area contributed by atoms with Crippen LogP contribution in [-0.2, 0) is 16.9 Å². The molecule has 2 aromatic heterocycles. The minimum absolute atomic E-state index is 0.241. The van der Waals surface area contributed by atoms with E-state index in [-0.39, 0.29) is 12.5 Å². The van der Waals surface area contributed by atoms with Crippen molar-refractivity contribution in [3.63, 3.8) is 0 Å². The van der Waals surface area contributed by atoms with Crippen molar-refractivity contribution in [1.29, 1.82) is 0 Å². The van der Waals surface area contributed by atoms with Crippen LogP contribution in [0, 0.1) is 6.92 Å². The van der Waals surface area contributed by atoms with E-state index in [0.717, 1.165) is 15.4 Å². The molecular weight excluding hydrogens is 330 g/mol. The molecular formula is C13H12ClN3O2S2. The first-order chi connectivity index (χ1) is 9.90. The maximum Gasteiger partial charge on any atom is 0.325 e. The molecule has 0 aromatic carbocycles. The van der Waals surface area contributed by atoms with E-state index < -0.39 is 11.6 Å². The van der Waals surface area contributed by atoms with E-state index in [2.05, 4.69) is 9.69 Å². The Balaban J connectivity index is 1.88. The lowest BCUT2D eigenvalue weighted by molar-refractivity contribution is -0.131. The third-order valence-corrected chi connectivity index (χ3v) is 5.65. The molecule has 0 radical (unpaired) electrons. The molecule has 3 heterocycles. The Kier molecular flexibility index (Phi) is 3.51. The number of nitrogens with one attached hydrogen (secondary N) is 1. The first-order valence-electron chi connectivity index (χ1n) is 6.22. The normalized spacial score (nSPS) is 22.0. The Labute approximate surface area is 134 Å². The van der Waals surface area contributed by atoms with E-state index >= 15 is 0 Å². The van der Waals surface area contributed by atoms with Crippen molar-refractivity contribution in [3.8, 4) is 0 Å². The van der Waals surface area contributed by atoms with Crippen LogP contribution in [0.5, 0.6) is 0 Å². The number of carbonyl (C=O) groups excluding carboxylic acids is 2. The highest BCUT2D eigenvalue weighted by Crippen LogP contribution is 2.36. The zero-order chi connectivity index (χ0) is 15.2. The number of aryl methyl sites for hydroxylation is 1. The number of hydrogen-bond acceptors (Lipinski definition) is 5. The molecule has 110 valence electrons. The second kappa shape index (κ2) is 5.08. The van der Waals surface area contributed by atoms with Gasteiger partial charge in [-0.05, 0) is 43.6 Å². The molecule has 1 aliphatic heterocycles. The van der Waals surface area contributed by atoms with Crippen molar-refractivity contribution in [2.24, 2.45) is 0 Å². The lowest BCUT2D eigenvalue weighted by atomic mass is 10.0. The molecule has 0 saturated carbocycles. The average Bonchev–Trinajstić information content (AvgIpc) is 3.08. The van der Waals surface area contributed by atoms with Crippen LogP contribution in [0.15, 0.2) is 18.2 Å². The summed E-state index contributed by atoms with van der Waals surface area (Å²) in [7, 11) is 0. The fourth-order valence-corrected chi connectivity index (χ4v) is 4.10. The molecule has 5 nitrogen and oxygen atoms in total. The van der Waals surface area contributed by atoms with Crippen molar-refractivity contribution < 1.29 is 9.59 Å². The Morgan fingerprint density at radius 1 is 1.43 bits per heavy atom. The van der Waals surface area contributed by atoms with E-state index in [1.54, 1.807) is 19.1 Å². The second-order valence-electron chi connectivity index (χ2n) is 4.98. The molecule has 1 atom stereocenters. The minimum atomic E-state index is -1.05. The average molecular weight is 342 g/mol. The molecule has 1 unspecified atom stereocenters.